The summed E-state index contributed by atoms with van der Waals surface area (Å²) in [6, 6.07) is 13.2. The van der Waals surface area contributed by atoms with Gasteiger partial charge in [-0.15, -0.1) is 0 Å². The van der Waals surface area contributed by atoms with Gasteiger partial charge in [-0.25, -0.2) is 4.79 Å². The van der Waals surface area contributed by atoms with Gasteiger partial charge in [0.15, 0.2) is 0 Å². The highest BCUT2D eigenvalue weighted by molar-refractivity contribution is 5.98. The van der Waals surface area contributed by atoms with Gasteiger partial charge in [0, 0.05) is 11.1 Å². The first kappa shape index (κ1) is 13.5. The van der Waals surface area contributed by atoms with Crippen molar-refractivity contribution >= 4 is 18.4 Å². The van der Waals surface area contributed by atoms with Crippen LogP contribution in [0.3, 0.4) is 0 Å². The van der Waals surface area contributed by atoms with Crippen LogP contribution in [-0.4, -0.2) is 28.6 Å². The third-order valence-electron chi connectivity index (χ3n) is 2.59. The maximum atomic E-state index is 11.0. The van der Waals surface area contributed by atoms with Gasteiger partial charge in [0.05, 0.1) is 18.0 Å². The van der Waals surface area contributed by atoms with Gasteiger partial charge in [0.1, 0.15) is 5.75 Å². The van der Waals surface area contributed by atoms with Crippen LogP contribution in [0.1, 0.15) is 21.5 Å². The topological polar surface area (TPSA) is 82.2 Å². The van der Waals surface area contributed by atoms with Gasteiger partial charge in [0.2, 0.25) is 0 Å². The maximum absolute atomic E-state index is 11.0. The molecule has 0 bridgehead atoms. The molecule has 0 aliphatic carbocycles. The molecule has 0 aliphatic rings. The van der Waals surface area contributed by atoms with Crippen LogP contribution in [0, 0.1) is 0 Å². The van der Waals surface area contributed by atoms with Crippen LogP contribution in [0.2, 0.25) is 0 Å². The molecular weight excluding hydrogens is 256 g/mol. The van der Waals surface area contributed by atoms with E-state index in [9.17, 15) is 9.90 Å². The average molecular weight is 268 g/mol. The van der Waals surface area contributed by atoms with E-state index in [2.05, 4.69) is 10.2 Å². The van der Waals surface area contributed by atoms with E-state index >= 15 is 0 Å². The van der Waals surface area contributed by atoms with Gasteiger partial charge < -0.3 is 10.2 Å². The summed E-state index contributed by atoms with van der Waals surface area (Å²) < 4.78 is 0. The molecule has 20 heavy (non-hydrogen) atoms. The van der Waals surface area contributed by atoms with Crippen LogP contribution in [0.4, 0.5) is 0 Å². The number of carboxylic acid groups (broad SMARTS) is 1. The minimum absolute atomic E-state index is 0.109. The zero-order chi connectivity index (χ0) is 14.4. The molecule has 5 nitrogen and oxygen atoms in total. The number of phenols is 1. The zero-order valence-corrected chi connectivity index (χ0v) is 10.5. The van der Waals surface area contributed by atoms with E-state index in [1.54, 1.807) is 42.5 Å². The second-order valence-electron chi connectivity index (χ2n) is 3.94. The molecule has 0 heterocycles. The van der Waals surface area contributed by atoms with Crippen molar-refractivity contribution in [2.75, 3.05) is 0 Å². The molecule has 100 valence electrons. The molecule has 0 radical (unpaired) electrons. The van der Waals surface area contributed by atoms with Gasteiger partial charge in [-0.2, -0.15) is 10.2 Å². The molecule has 0 saturated heterocycles. The zero-order valence-electron chi connectivity index (χ0n) is 10.5. The first-order valence-corrected chi connectivity index (χ1v) is 5.85. The molecule has 2 rings (SSSR count). The largest absolute Gasteiger partial charge is 0.507 e. The third-order valence-corrected chi connectivity index (χ3v) is 2.59. The summed E-state index contributed by atoms with van der Waals surface area (Å²) in [5.41, 5.74) is 1.17. The normalized spacial score (nSPS) is 11.2. The summed E-state index contributed by atoms with van der Waals surface area (Å²) in [5.74, 6) is -0.908. The Morgan fingerprint density at radius 2 is 1.45 bits per heavy atom. The number of aromatic hydroxyl groups is 1. The third kappa shape index (κ3) is 3.29. The summed E-state index contributed by atoms with van der Waals surface area (Å²) in [6.07, 6.45) is 2.76. The van der Waals surface area contributed by atoms with Crippen LogP contribution in [0.5, 0.6) is 5.75 Å². The van der Waals surface area contributed by atoms with Crippen LogP contribution in [0.15, 0.2) is 58.7 Å². The predicted octanol–water partition coefficient (Wildman–Crippen LogP) is 2.54. The molecule has 5 heteroatoms. The van der Waals surface area contributed by atoms with E-state index in [-0.39, 0.29) is 11.3 Å². The highest BCUT2D eigenvalue weighted by atomic mass is 16.4. The van der Waals surface area contributed by atoms with Crippen molar-refractivity contribution in [1.82, 2.24) is 0 Å². The minimum Gasteiger partial charge on any atom is -0.507 e. The molecule has 0 spiro atoms. The number of carbonyl (C=O) groups is 1. The lowest BCUT2D eigenvalue weighted by Gasteiger charge is -1.98. The molecule has 0 aromatic heterocycles. The summed E-state index contributed by atoms with van der Waals surface area (Å²) in [7, 11) is 0. The van der Waals surface area contributed by atoms with Gasteiger partial charge >= 0.3 is 5.97 Å². The molecule has 2 aromatic rings. The van der Waals surface area contributed by atoms with Crippen molar-refractivity contribution in [3.63, 3.8) is 0 Å². The highest BCUT2D eigenvalue weighted by Crippen LogP contribution is 2.12. The SMILES string of the molecule is O=C(O)c1ccccc1/C=N\N=C/c1ccccc1O. The van der Waals surface area contributed by atoms with Crippen molar-refractivity contribution in [3.8, 4) is 5.75 Å². The van der Waals surface area contributed by atoms with Crippen LogP contribution >= 0.6 is 0 Å². The number of hydrogen-bond acceptors (Lipinski definition) is 4. The molecule has 0 aliphatic heterocycles. The van der Waals surface area contributed by atoms with Crippen LogP contribution < -0.4 is 0 Å². The van der Waals surface area contributed by atoms with Crippen LogP contribution in [-0.2, 0) is 0 Å². The van der Waals surface area contributed by atoms with E-state index in [0.717, 1.165) is 0 Å². The van der Waals surface area contributed by atoms with E-state index in [0.29, 0.717) is 11.1 Å². The molecular formula is C15H12N2O3. The van der Waals surface area contributed by atoms with Gasteiger partial charge in [-0.05, 0) is 18.2 Å². The monoisotopic (exact) mass is 268 g/mol. The van der Waals surface area contributed by atoms with Crippen molar-refractivity contribution in [2.45, 2.75) is 0 Å². The van der Waals surface area contributed by atoms with E-state index in [1.807, 2.05) is 0 Å². The number of nitrogens with zero attached hydrogens (tertiary/aromatic N) is 2. The number of aromatic carboxylic acids is 1. The molecule has 0 fully saturated rings. The van der Waals surface area contributed by atoms with Crippen molar-refractivity contribution in [2.24, 2.45) is 10.2 Å². The summed E-state index contributed by atoms with van der Waals surface area (Å²) in [5, 5.41) is 26.1. The smallest absolute Gasteiger partial charge is 0.336 e. The van der Waals surface area contributed by atoms with Crippen LogP contribution in [0.25, 0.3) is 0 Å². The van der Waals surface area contributed by atoms with Gasteiger partial charge in [0.25, 0.3) is 0 Å². The molecule has 2 N–H and O–H groups in total. The number of benzene rings is 2. The number of para-hydroxylation sites is 1. The summed E-state index contributed by atoms with van der Waals surface area (Å²) in [6.45, 7) is 0. The number of phenolic OH excluding ortho intramolecular Hbond substituents is 1. The first-order chi connectivity index (χ1) is 9.68. The standard InChI is InChI=1S/C15H12N2O3/c18-14-8-4-2-6-12(14)10-17-16-9-11-5-1-3-7-13(11)15(19)20/h1-10,18H,(H,19,20)/b16-9-,17-10-. The summed E-state index contributed by atoms with van der Waals surface area (Å²) in [4.78, 5) is 11.0. The Bertz CT molecular complexity index is 678. The Kier molecular flexibility index (Phi) is 4.24. The van der Waals surface area contributed by atoms with Crippen molar-refractivity contribution in [1.29, 1.82) is 0 Å². The fourth-order valence-corrected chi connectivity index (χ4v) is 1.59. The van der Waals surface area contributed by atoms with Crippen molar-refractivity contribution in [3.05, 3.63) is 65.2 Å². The Labute approximate surface area is 115 Å². The Hall–Kier alpha value is -2.95. The molecule has 0 unspecified atom stereocenters. The number of carboxylic acids is 1. The Morgan fingerprint density at radius 3 is 2.10 bits per heavy atom. The van der Waals surface area contributed by atoms with Gasteiger partial charge in [-0.3, -0.25) is 0 Å². The second-order valence-corrected chi connectivity index (χ2v) is 3.94. The maximum Gasteiger partial charge on any atom is 0.336 e. The lowest BCUT2D eigenvalue weighted by atomic mass is 10.1. The average Bonchev–Trinajstić information content (AvgIpc) is 2.45. The molecule has 0 atom stereocenters. The number of hydrogen-bond donors (Lipinski definition) is 2. The van der Waals surface area contributed by atoms with E-state index < -0.39 is 5.97 Å². The lowest BCUT2D eigenvalue weighted by Crippen LogP contribution is -2.00. The van der Waals surface area contributed by atoms with E-state index in [4.69, 9.17) is 5.11 Å². The quantitative estimate of drug-likeness (QED) is 0.660. The minimum atomic E-state index is -1.02. The second kappa shape index (κ2) is 6.29. The predicted molar refractivity (Wildman–Crippen MR) is 76.7 cm³/mol. The molecule has 0 saturated carbocycles. The van der Waals surface area contributed by atoms with E-state index in [1.165, 1.54) is 18.5 Å². The summed E-state index contributed by atoms with van der Waals surface area (Å²) >= 11 is 0. The highest BCUT2D eigenvalue weighted by Gasteiger charge is 2.06. The fourth-order valence-electron chi connectivity index (χ4n) is 1.59. The van der Waals surface area contributed by atoms with Crippen molar-refractivity contribution < 1.29 is 15.0 Å². The Balaban J connectivity index is 2.15. The lowest BCUT2D eigenvalue weighted by molar-refractivity contribution is 0.0697. The first-order valence-electron chi connectivity index (χ1n) is 5.85. The van der Waals surface area contributed by atoms with Gasteiger partial charge in [-0.1, -0.05) is 30.3 Å². The molecule has 2 aromatic carbocycles. The number of rotatable bonds is 4. The fraction of sp³-hybridized carbons (Fsp3) is 0. The molecule has 0 amide bonds. The Morgan fingerprint density at radius 1 is 0.900 bits per heavy atom.